The van der Waals surface area contributed by atoms with Gasteiger partial charge in [0.05, 0.1) is 11.5 Å². The molecule has 0 aliphatic rings. The summed E-state index contributed by atoms with van der Waals surface area (Å²) in [7, 11) is 0. The molecule has 25 heavy (non-hydrogen) atoms. The van der Waals surface area contributed by atoms with Crippen LogP contribution in [0.2, 0.25) is 5.02 Å². The number of rotatable bonds is 5. The topological polar surface area (TPSA) is 98.3 Å². The molecule has 1 aromatic heterocycles. The number of halogens is 1. The van der Waals surface area contributed by atoms with E-state index in [0.717, 1.165) is 5.56 Å². The first kappa shape index (κ1) is 16.7. The highest BCUT2D eigenvalue weighted by Gasteiger charge is 2.11. The fourth-order valence-electron chi connectivity index (χ4n) is 2.15. The number of hydrogen-bond acceptors (Lipinski definition) is 5. The third-order valence-electron chi connectivity index (χ3n) is 3.46. The minimum absolute atomic E-state index is 0.0688. The van der Waals surface area contributed by atoms with Crippen molar-refractivity contribution in [1.82, 2.24) is 10.5 Å². The summed E-state index contributed by atoms with van der Waals surface area (Å²) in [6, 6.07) is 14.2. The average Bonchev–Trinajstić information content (AvgIpc) is 3.09. The van der Waals surface area contributed by atoms with Gasteiger partial charge in [-0.2, -0.15) is 0 Å². The number of carbonyl (C=O) groups excluding carboxylic acids is 1. The number of carbonyl (C=O) groups is 1. The number of aromatic nitrogens is 1. The third-order valence-corrected chi connectivity index (χ3v) is 3.71. The van der Waals surface area contributed by atoms with Gasteiger partial charge in [-0.3, -0.25) is 14.9 Å². The molecule has 7 nitrogen and oxygen atoms in total. The molecule has 0 unspecified atom stereocenters. The summed E-state index contributed by atoms with van der Waals surface area (Å²) < 4.78 is 5.25. The molecule has 0 saturated carbocycles. The predicted molar refractivity (Wildman–Crippen MR) is 91.2 cm³/mol. The van der Waals surface area contributed by atoms with Gasteiger partial charge in [0.25, 0.3) is 11.6 Å². The minimum Gasteiger partial charge on any atom is -0.356 e. The van der Waals surface area contributed by atoms with E-state index in [1.165, 1.54) is 24.3 Å². The Morgan fingerprint density at radius 1 is 1.16 bits per heavy atom. The lowest BCUT2D eigenvalue weighted by molar-refractivity contribution is -0.384. The van der Waals surface area contributed by atoms with Gasteiger partial charge in [0, 0.05) is 34.3 Å². The van der Waals surface area contributed by atoms with Crippen molar-refractivity contribution in [3.05, 3.63) is 81.0 Å². The predicted octanol–water partition coefficient (Wildman–Crippen LogP) is 3.83. The molecule has 3 rings (SSSR count). The fourth-order valence-corrected chi connectivity index (χ4v) is 2.28. The number of benzene rings is 2. The maximum absolute atomic E-state index is 12.1. The molecule has 3 aromatic rings. The van der Waals surface area contributed by atoms with Gasteiger partial charge in [-0.15, -0.1) is 0 Å². The second-order valence-corrected chi connectivity index (χ2v) is 5.61. The Morgan fingerprint density at radius 2 is 1.84 bits per heavy atom. The van der Waals surface area contributed by atoms with Gasteiger partial charge in [-0.05, 0) is 36.4 Å². The molecule has 0 radical (unpaired) electrons. The second kappa shape index (κ2) is 7.14. The third kappa shape index (κ3) is 4.02. The molecule has 0 saturated heterocycles. The second-order valence-electron chi connectivity index (χ2n) is 5.18. The maximum atomic E-state index is 12.1. The van der Waals surface area contributed by atoms with Crippen molar-refractivity contribution in [1.29, 1.82) is 0 Å². The fraction of sp³-hybridized carbons (Fsp3) is 0.0588. The number of hydrogen-bond donors (Lipinski definition) is 1. The minimum atomic E-state index is -0.518. The first-order valence-corrected chi connectivity index (χ1v) is 7.65. The number of nitro benzene ring substituents is 1. The lowest BCUT2D eigenvalue weighted by atomic mass is 10.1. The van der Waals surface area contributed by atoms with Crippen molar-refractivity contribution >= 4 is 23.2 Å². The summed E-state index contributed by atoms with van der Waals surface area (Å²) >= 11 is 5.84. The summed E-state index contributed by atoms with van der Waals surface area (Å²) in [5.41, 5.74) is 1.64. The van der Waals surface area contributed by atoms with Crippen molar-refractivity contribution in [3.8, 4) is 11.3 Å². The summed E-state index contributed by atoms with van der Waals surface area (Å²) in [6.45, 7) is 0.174. The Morgan fingerprint density at radius 3 is 2.48 bits per heavy atom. The van der Waals surface area contributed by atoms with Gasteiger partial charge in [0.15, 0.2) is 5.76 Å². The van der Waals surface area contributed by atoms with Gasteiger partial charge in [0.2, 0.25) is 0 Å². The SMILES string of the molecule is O=C(NCc1cc(-c2ccc(Cl)cc2)on1)c1ccc([N+](=O)[O-])cc1. The Bertz CT molecular complexity index is 904. The van der Waals surface area contributed by atoms with E-state index in [1.807, 2.05) is 12.1 Å². The van der Waals surface area contributed by atoms with Crippen LogP contribution < -0.4 is 5.32 Å². The first-order chi connectivity index (χ1) is 12.0. The van der Waals surface area contributed by atoms with Gasteiger partial charge in [-0.25, -0.2) is 0 Å². The molecule has 0 aliphatic heterocycles. The lowest BCUT2D eigenvalue weighted by Gasteiger charge is -2.02. The Balaban J connectivity index is 1.62. The van der Waals surface area contributed by atoms with E-state index in [-0.39, 0.29) is 18.1 Å². The van der Waals surface area contributed by atoms with Crippen LogP contribution in [0.5, 0.6) is 0 Å². The van der Waals surface area contributed by atoms with Crippen LogP contribution >= 0.6 is 11.6 Å². The van der Waals surface area contributed by atoms with Crippen molar-refractivity contribution in [3.63, 3.8) is 0 Å². The van der Waals surface area contributed by atoms with Crippen molar-refractivity contribution in [2.24, 2.45) is 0 Å². The maximum Gasteiger partial charge on any atom is 0.269 e. The molecule has 126 valence electrons. The highest BCUT2D eigenvalue weighted by atomic mass is 35.5. The van der Waals surface area contributed by atoms with Crippen LogP contribution in [-0.4, -0.2) is 16.0 Å². The molecule has 0 fully saturated rings. The average molecular weight is 358 g/mol. The summed E-state index contributed by atoms with van der Waals surface area (Å²) in [6.07, 6.45) is 0. The molecule has 1 amide bonds. The van der Waals surface area contributed by atoms with Crippen LogP contribution in [0.15, 0.2) is 59.1 Å². The molecular weight excluding hydrogens is 346 g/mol. The Kier molecular flexibility index (Phi) is 4.76. The molecule has 0 spiro atoms. The van der Waals surface area contributed by atoms with Crippen molar-refractivity contribution in [2.75, 3.05) is 0 Å². The van der Waals surface area contributed by atoms with E-state index in [2.05, 4.69) is 10.5 Å². The van der Waals surface area contributed by atoms with Gasteiger partial charge in [-0.1, -0.05) is 16.8 Å². The number of nitro groups is 1. The highest BCUT2D eigenvalue weighted by molar-refractivity contribution is 6.30. The normalized spacial score (nSPS) is 10.4. The van der Waals surface area contributed by atoms with Gasteiger partial charge in [0.1, 0.15) is 5.69 Å². The van der Waals surface area contributed by atoms with Gasteiger partial charge >= 0.3 is 0 Å². The zero-order valence-corrected chi connectivity index (χ0v) is 13.6. The Labute approximate surface area is 147 Å². The van der Waals surface area contributed by atoms with Crippen LogP contribution in [0.3, 0.4) is 0 Å². The number of amides is 1. The van der Waals surface area contributed by atoms with Crippen LogP contribution in [0.4, 0.5) is 5.69 Å². The van der Waals surface area contributed by atoms with Crippen LogP contribution in [0.1, 0.15) is 16.1 Å². The number of non-ortho nitro benzene ring substituents is 1. The van der Waals surface area contributed by atoms with E-state index < -0.39 is 4.92 Å². The molecule has 0 aliphatic carbocycles. The molecular formula is C17H12ClN3O4. The molecule has 8 heteroatoms. The zero-order chi connectivity index (χ0) is 17.8. The smallest absolute Gasteiger partial charge is 0.269 e. The number of nitrogens with zero attached hydrogens (tertiary/aromatic N) is 2. The number of nitrogens with one attached hydrogen (secondary N) is 1. The summed E-state index contributed by atoms with van der Waals surface area (Å²) in [5, 5.41) is 17.8. The van der Waals surface area contributed by atoms with E-state index in [0.29, 0.717) is 22.0 Å². The first-order valence-electron chi connectivity index (χ1n) is 7.27. The quantitative estimate of drug-likeness (QED) is 0.552. The van der Waals surface area contributed by atoms with E-state index in [9.17, 15) is 14.9 Å². The standard InChI is InChI=1S/C17H12ClN3O4/c18-13-5-1-11(2-6-13)16-9-14(20-25-16)10-19-17(22)12-3-7-15(8-4-12)21(23)24/h1-9H,10H2,(H,19,22). The highest BCUT2D eigenvalue weighted by Crippen LogP contribution is 2.22. The van der Waals surface area contributed by atoms with Gasteiger partial charge < -0.3 is 9.84 Å². The van der Waals surface area contributed by atoms with Crippen LogP contribution in [-0.2, 0) is 6.54 Å². The largest absolute Gasteiger partial charge is 0.356 e. The van der Waals surface area contributed by atoms with E-state index in [1.54, 1.807) is 18.2 Å². The molecule has 1 N–H and O–H groups in total. The molecule has 2 aromatic carbocycles. The summed E-state index contributed by atoms with van der Waals surface area (Å²) in [4.78, 5) is 22.2. The molecule has 1 heterocycles. The van der Waals surface area contributed by atoms with Crippen LogP contribution in [0.25, 0.3) is 11.3 Å². The molecule has 0 atom stereocenters. The lowest BCUT2D eigenvalue weighted by Crippen LogP contribution is -2.22. The molecule has 0 bridgehead atoms. The summed E-state index contributed by atoms with van der Waals surface area (Å²) in [5.74, 6) is 0.210. The van der Waals surface area contributed by atoms with E-state index in [4.69, 9.17) is 16.1 Å². The van der Waals surface area contributed by atoms with Crippen LogP contribution in [0, 0.1) is 10.1 Å². The monoisotopic (exact) mass is 357 g/mol. The van der Waals surface area contributed by atoms with Crippen molar-refractivity contribution in [2.45, 2.75) is 6.54 Å². The zero-order valence-electron chi connectivity index (χ0n) is 12.8. The van der Waals surface area contributed by atoms with E-state index >= 15 is 0 Å². The Hall–Kier alpha value is -3.19. The van der Waals surface area contributed by atoms with Crippen molar-refractivity contribution < 1.29 is 14.2 Å².